The first-order valence-electron chi connectivity index (χ1n) is 5.83. The molecule has 1 aliphatic heterocycles. The molecule has 0 aliphatic carbocycles. The lowest BCUT2D eigenvalue weighted by Gasteiger charge is -2.16. The molecule has 17 heavy (non-hydrogen) atoms. The van der Waals surface area contributed by atoms with Crippen molar-refractivity contribution in [3.63, 3.8) is 0 Å². The highest BCUT2D eigenvalue weighted by Gasteiger charge is 2.33. The quantitative estimate of drug-likeness (QED) is 0.893. The third-order valence-electron chi connectivity index (χ3n) is 3.41. The summed E-state index contributed by atoms with van der Waals surface area (Å²) < 4.78 is 0. The lowest BCUT2D eigenvalue weighted by atomic mass is 9.98. The summed E-state index contributed by atoms with van der Waals surface area (Å²) in [6, 6.07) is 7.81. The van der Waals surface area contributed by atoms with E-state index in [1.165, 1.54) is 0 Å². The largest absolute Gasteiger partial charge is 0.369 e. The van der Waals surface area contributed by atoms with E-state index >= 15 is 0 Å². The van der Waals surface area contributed by atoms with Crippen molar-refractivity contribution >= 4 is 17.5 Å². The first-order chi connectivity index (χ1) is 8.08. The van der Waals surface area contributed by atoms with Gasteiger partial charge < -0.3 is 5.73 Å². The molecule has 2 atom stereocenters. The molecule has 1 aromatic rings. The monoisotopic (exact) mass is 252 g/mol. The maximum atomic E-state index is 11.2. The summed E-state index contributed by atoms with van der Waals surface area (Å²) in [7, 11) is 0. The lowest BCUT2D eigenvalue weighted by molar-refractivity contribution is -0.122. The number of carbonyl (C=O) groups is 1. The molecule has 1 aromatic carbocycles. The van der Waals surface area contributed by atoms with Crippen LogP contribution in [-0.4, -0.2) is 23.9 Å². The van der Waals surface area contributed by atoms with E-state index in [9.17, 15) is 4.79 Å². The van der Waals surface area contributed by atoms with Crippen molar-refractivity contribution in [2.45, 2.75) is 13.5 Å². The Hall–Kier alpha value is -1.06. The van der Waals surface area contributed by atoms with Gasteiger partial charge in [0.25, 0.3) is 0 Å². The van der Waals surface area contributed by atoms with Gasteiger partial charge in [0, 0.05) is 24.7 Å². The van der Waals surface area contributed by atoms with E-state index in [-0.39, 0.29) is 11.8 Å². The Morgan fingerprint density at radius 3 is 2.76 bits per heavy atom. The molecule has 0 saturated carbocycles. The van der Waals surface area contributed by atoms with E-state index in [4.69, 9.17) is 17.3 Å². The number of hydrogen-bond donors (Lipinski definition) is 1. The van der Waals surface area contributed by atoms with Crippen molar-refractivity contribution in [2.24, 2.45) is 17.6 Å². The van der Waals surface area contributed by atoms with Crippen LogP contribution in [0.2, 0.25) is 5.02 Å². The molecule has 0 radical (unpaired) electrons. The molecule has 1 heterocycles. The van der Waals surface area contributed by atoms with Crippen LogP contribution in [0.5, 0.6) is 0 Å². The maximum Gasteiger partial charge on any atom is 0.222 e. The number of nitrogens with zero attached hydrogens (tertiary/aromatic N) is 1. The molecule has 0 bridgehead atoms. The van der Waals surface area contributed by atoms with Gasteiger partial charge in [-0.3, -0.25) is 9.69 Å². The van der Waals surface area contributed by atoms with Crippen molar-refractivity contribution in [1.82, 2.24) is 4.90 Å². The molecule has 0 unspecified atom stereocenters. The number of halogens is 1. The third kappa shape index (κ3) is 2.79. The van der Waals surface area contributed by atoms with Gasteiger partial charge in [-0.25, -0.2) is 0 Å². The molecule has 1 amide bonds. The minimum absolute atomic E-state index is 0.0301. The predicted octanol–water partition coefficient (Wildman–Crippen LogP) is 1.89. The van der Waals surface area contributed by atoms with Crippen LogP contribution in [0.4, 0.5) is 0 Å². The van der Waals surface area contributed by atoms with Crippen molar-refractivity contribution in [2.75, 3.05) is 13.1 Å². The molecule has 0 spiro atoms. The van der Waals surface area contributed by atoms with E-state index < -0.39 is 0 Å². The summed E-state index contributed by atoms with van der Waals surface area (Å²) in [6.07, 6.45) is 0. The fraction of sp³-hybridized carbons (Fsp3) is 0.462. The Balaban J connectivity index is 2.03. The number of primary amides is 1. The number of nitrogens with two attached hydrogens (primary N) is 1. The van der Waals surface area contributed by atoms with Gasteiger partial charge in [0.15, 0.2) is 0 Å². The zero-order chi connectivity index (χ0) is 12.4. The fourth-order valence-corrected chi connectivity index (χ4v) is 2.63. The number of benzene rings is 1. The average Bonchev–Trinajstić information content (AvgIpc) is 2.63. The predicted molar refractivity (Wildman–Crippen MR) is 68.6 cm³/mol. The van der Waals surface area contributed by atoms with Crippen molar-refractivity contribution in [1.29, 1.82) is 0 Å². The molecule has 1 aliphatic rings. The molecule has 0 aromatic heterocycles. The lowest BCUT2D eigenvalue weighted by Crippen LogP contribution is -2.29. The number of hydrogen-bond acceptors (Lipinski definition) is 2. The first-order valence-corrected chi connectivity index (χ1v) is 6.21. The normalized spacial score (nSPS) is 25.1. The maximum absolute atomic E-state index is 11.2. The van der Waals surface area contributed by atoms with E-state index in [0.29, 0.717) is 5.92 Å². The van der Waals surface area contributed by atoms with Gasteiger partial charge in [-0.2, -0.15) is 0 Å². The van der Waals surface area contributed by atoms with Gasteiger partial charge in [-0.15, -0.1) is 0 Å². The first kappa shape index (κ1) is 12.4. The molecule has 1 saturated heterocycles. The zero-order valence-electron chi connectivity index (χ0n) is 9.90. The van der Waals surface area contributed by atoms with Crippen LogP contribution < -0.4 is 5.73 Å². The third-order valence-corrected chi connectivity index (χ3v) is 3.77. The second kappa shape index (κ2) is 5.07. The Bertz CT molecular complexity index is 422. The number of amides is 1. The second-order valence-corrected chi connectivity index (χ2v) is 5.18. The smallest absolute Gasteiger partial charge is 0.222 e. The summed E-state index contributed by atoms with van der Waals surface area (Å²) in [4.78, 5) is 13.5. The van der Waals surface area contributed by atoms with E-state index in [1.807, 2.05) is 24.3 Å². The van der Waals surface area contributed by atoms with Gasteiger partial charge in [0.05, 0.1) is 5.92 Å². The van der Waals surface area contributed by atoms with Crippen LogP contribution in [0, 0.1) is 11.8 Å². The highest BCUT2D eigenvalue weighted by molar-refractivity contribution is 6.31. The van der Waals surface area contributed by atoms with Gasteiger partial charge in [-0.1, -0.05) is 36.7 Å². The molecule has 92 valence electrons. The summed E-state index contributed by atoms with van der Waals surface area (Å²) in [5.41, 5.74) is 6.49. The van der Waals surface area contributed by atoms with Crippen LogP contribution in [0.15, 0.2) is 24.3 Å². The number of likely N-dealkylation sites (tertiary alicyclic amines) is 1. The second-order valence-electron chi connectivity index (χ2n) is 4.77. The van der Waals surface area contributed by atoms with Crippen LogP contribution in [0.1, 0.15) is 12.5 Å². The number of carbonyl (C=O) groups excluding carboxylic acids is 1. The van der Waals surface area contributed by atoms with Gasteiger partial charge in [0.2, 0.25) is 5.91 Å². The Morgan fingerprint density at radius 2 is 2.18 bits per heavy atom. The van der Waals surface area contributed by atoms with E-state index in [1.54, 1.807) is 0 Å². The van der Waals surface area contributed by atoms with Gasteiger partial charge in [0.1, 0.15) is 0 Å². The van der Waals surface area contributed by atoms with Crippen LogP contribution in [-0.2, 0) is 11.3 Å². The number of rotatable bonds is 3. The summed E-state index contributed by atoms with van der Waals surface area (Å²) in [5.74, 6) is 0.103. The van der Waals surface area contributed by atoms with E-state index in [0.717, 1.165) is 30.2 Å². The topological polar surface area (TPSA) is 46.3 Å². The molecule has 4 heteroatoms. The van der Waals surface area contributed by atoms with Crippen molar-refractivity contribution in [3.8, 4) is 0 Å². The molecular weight excluding hydrogens is 236 g/mol. The molecule has 1 fully saturated rings. The average molecular weight is 253 g/mol. The van der Waals surface area contributed by atoms with Crippen molar-refractivity contribution in [3.05, 3.63) is 34.9 Å². The molecule has 3 nitrogen and oxygen atoms in total. The van der Waals surface area contributed by atoms with Gasteiger partial charge in [-0.05, 0) is 17.5 Å². The molecule has 2 rings (SSSR count). The van der Waals surface area contributed by atoms with Crippen molar-refractivity contribution < 1.29 is 4.79 Å². The summed E-state index contributed by atoms with van der Waals surface area (Å²) in [5, 5.41) is 0.780. The van der Waals surface area contributed by atoms with Gasteiger partial charge >= 0.3 is 0 Å². The fourth-order valence-electron chi connectivity index (χ4n) is 2.43. The standard InChI is InChI=1S/C13H17ClN2O/c1-9-6-16(8-11(9)13(15)17)7-10-4-2-3-5-12(10)14/h2-5,9,11H,6-8H2,1H3,(H2,15,17)/t9-,11-/m1/s1. The van der Waals surface area contributed by atoms with Crippen LogP contribution in [0.25, 0.3) is 0 Å². The highest BCUT2D eigenvalue weighted by Crippen LogP contribution is 2.26. The Morgan fingerprint density at radius 1 is 1.47 bits per heavy atom. The Labute approximate surface area is 107 Å². The molecular formula is C13H17ClN2O. The highest BCUT2D eigenvalue weighted by atomic mass is 35.5. The zero-order valence-corrected chi connectivity index (χ0v) is 10.7. The van der Waals surface area contributed by atoms with Crippen LogP contribution >= 0.6 is 11.6 Å². The summed E-state index contributed by atoms with van der Waals surface area (Å²) in [6.45, 7) is 4.50. The Kier molecular flexibility index (Phi) is 3.69. The van der Waals surface area contributed by atoms with Crippen LogP contribution in [0.3, 0.4) is 0 Å². The molecule has 2 N–H and O–H groups in total. The SMILES string of the molecule is C[C@@H]1CN(Cc2ccccc2Cl)C[C@H]1C(N)=O. The minimum Gasteiger partial charge on any atom is -0.369 e. The van der Waals surface area contributed by atoms with E-state index in [2.05, 4.69) is 11.8 Å². The summed E-state index contributed by atoms with van der Waals surface area (Å²) >= 11 is 6.12. The minimum atomic E-state index is -0.195.